The van der Waals surface area contributed by atoms with Crippen molar-refractivity contribution in [1.82, 2.24) is 4.57 Å². The van der Waals surface area contributed by atoms with E-state index in [9.17, 15) is 106 Å². The summed E-state index contributed by atoms with van der Waals surface area (Å²) >= 11 is 0. The molecule has 0 N–H and O–H groups in total. The zero-order valence-corrected chi connectivity index (χ0v) is 20.6. The van der Waals surface area contributed by atoms with Gasteiger partial charge in [-0.2, -0.15) is 96.6 Å². The Morgan fingerprint density at radius 2 is 0.977 bits per heavy atom. The molecule has 0 bridgehead atoms. The van der Waals surface area contributed by atoms with Gasteiger partial charge in [-0.25, -0.2) is 9.13 Å². The first-order valence-electron chi connectivity index (χ1n) is 10.2. The van der Waals surface area contributed by atoms with E-state index in [2.05, 4.69) is 0 Å². The molecular formula is C18H12F22N2O2. The monoisotopic (exact) mass is 706 g/mol. The number of carboxylic acid groups (broad SMARTS) is 1. The normalized spacial score (nSPS) is 15.2. The van der Waals surface area contributed by atoms with Gasteiger partial charge in [-0.15, -0.1) is 0 Å². The van der Waals surface area contributed by atoms with E-state index in [1.54, 1.807) is 0 Å². The molecule has 0 aliphatic heterocycles. The SMILES string of the molecule is Cc1n(C)cc[n+]1CCC(F)(F)C(F)(F)C(F)(F)C(F)(F)C(F)(F)C(F)(F)F.O=C([O-])C(F)(F)C(F)(F)C(F)(F)C(F)(F)F. The average Bonchev–Trinajstić information content (AvgIpc) is 3.13. The fourth-order valence-electron chi connectivity index (χ4n) is 2.56. The second-order valence-electron chi connectivity index (χ2n) is 8.41. The molecule has 1 aromatic rings. The molecule has 0 atom stereocenters. The van der Waals surface area contributed by atoms with Crippen LogP contribution in [0.1, 0.15) is 12.2 Å². The largest absolute Gasteiger partial charge is 0.544 e. The number of imidazole rings is 1. The van der Waals surface area contributed by atoms with Gasteiger partial charge in [0.2, 0.25) is 0 Å². The highest BCUT2D eigenvalue weighted by Gasteiger charge is 2.90. The fraction of sp³-hybridized carbons (Fsp3) is 0.778. The van der Waals surface area contributed by atoms with Crippen LogP contribution in [0.4, 0.5) is 96.6 Å². The Hall–Kier alpha value is -2.86. The molecular weight excluding hydrogens is 694 g/mol. The number of aromatic nitrogens is 2. The van der Waals surface area contributed by atoms with Gasteiger partial charge >= 0.3 is 59.7 Å². The quantitative estimate of drug-likeness (QED) is 0.223. The van der Waals surface area contributed by atoms with Crippen LogP contribution < -0.4 is 9.67 Å². The molecule has 44 heavy (non-hydrogen) atoms. The number of carbonyl (C=O) groups excluding carboxylic acids is 1. The van der Waals surface area contributed by atoms with Crippen LogP contribution in [-0.4, -0.2) is 70.3 Å². The Balaban J connectivity index is 0.000000983. The topological polar surface area (TPSA) is 48.9 Å². The van der Waals surface area contributed by atoms with Crippen molar-refractivity contribution in [2.45, 2.75) is 79.6 Å². The molecule has 0 saturated carbocycles. The zero-order valence-electron chi connectivity index (χ0n) is 20.6. The maximum absolute atomic E-state index is 13.6. The van der Waals surface area contributed by atoms with Crippen molar-refractivity contribution in [2.24, 2.45) is 7.05 Å². The summed E-state index contributed by atoms with van der Waals surface area (Å²) in [5, 5.41) is 9.40. The molecule has 0 aromatic carbocycles. The Morgan fingerprint density at radius 3 is 1.27 bits per heavy atom. The number of alkyl halides is 22. The van der Waals surface area contributed by atoms with E-state index in [1.807, 2.05) is 0 Å². The molecule has 4 nitrogen and oxygen atoms in total. The fourth-order valence-corrected chi connectivity index (χ4v) is 2.56. The summed E-state index contributed by atoms with van der Waals surface area (Å²) < 4.78 is 276. The highest BCUT2D eigenvalue weighted by molar-refractivity contribution is 5.74. The highest BCUT2D eigenvalue weighted by Crippen LogP contribution is 2.60. The second-order valence-corrected chi connectivity index (χ2v) is 8.41. The predicted molar refractivity (Wildman–Crippen MR) is 91.7 cm³/mol. The van der Waals surface area contributed by atoms with E-state index >= 15 is 0 Å². The van der Waals surface area contributed by atoms with Gasteiger partial charge in [0.15, 0.2) is 0 Å². The molecule has 260 valence electrons. The summed E-state index contributed by atoms with van der Waals surface area (Å²) in [7, 11) is 1.38. The van der Waals surface area contributed by atoms with E-state index in [4.69, 9.17) is 0 Å². The van der Waals surface area contributed by atoms with E-state index < -0.39 is 78.7 Å². The van der Waals surface area contributed by atoms with E-state index in [1.165, 1.54) is 24.7 Å². The minimum absolute atomic E-state index is 0.139. The van der Waals surface area contributed by atoms with Crippen molar-refractivity contribution >= 4 is 5.97 Å². The first-order valence-corrected chi connectivity index (χ1v) is 10.2. The van der Waals surface area contributed by atoms with Crippen molar-refractivity contribution in [2.75, 3.05) is 0 Å². The third-order valence-corrected chi connectivity index (χ3v) is 5.46. The highest BCUT2D eigenvalue weighted by atomic mass is 19.4. The number of halogens is 22. The summed E-state index contributed by atoms with van der Waals surface area (Å²) in [6.07, 6.45) is -14.4. The van der Waals surface area contributed by atoms with Crippen LogP contribution in [0.5, 0.6) is 0 Å². The number of hydrogen-bond donors (Lipinski definition) is 0. The van der Waals surface area contributed by atoms with Crippen LogP contribution in [0.3, 0.4) is 0 Å². The lowest BCUT2D eigenvalue weighted by molar-refractivity contribution is -0.705. The first kappa shape index (κ1) is 41.1. The van der Waals surface area contributed by atoms with Crippen molar-refractivity contribution in [3.05, 3.63) is 18.2 Å². The number of carbonyl (C=O) groups is 1. The molecule has 0 aliphatic rings. The summed E-state index contributed by atoms with van der Waals surface area (Å²) in [4.78, 5) is 9.40. The number of aryl methyl sites for hydroxylation is 2. The Labute approximate surface area is 227 Å². The molecule has 0 amide bonds. The number of carboxylic acids is 1. The zero-order chi connectivity index (χ0) is 36.1. The third-order valence-electron chi connectivity index (χ3n) is 5.46. The van der Waals surface area contributed by atoms with Gasteiger partial charge in [0.05, 0.1) is 20.0 Å². The summed E-state index contributed by atoms with van der Waals surface area (Å²) in [5.74, 6) is -61.5. The lowest BCUT2D eigenvalue weighted by atomic mass is 9.92. The molecule has 26 heteroatoms. The molecule has 0 fully saturated rings. The van der Waals surface area contributed by atoms with Gasteiger partial charge in [0, 0.05) is 6.92 Å². The van der Waals surface area contributed by atoms with Gasteiger partial charge < -0.3 is 9.90 Å². The van der Waals surface area contributed by atoms with Crippen molar-refractivity contribution in [3.8, 4) is 0 Å². The van der Waals surface area contributed by atoms with Crippen LogP contribution in [0.15, 0.2) is 12.4 Å². The third kappa shape index (κ3) is 6.42. The van der Waals surface area contributed by atoms with Crippen LogP contribution in [0, 0.1) is 6.92 Å². The lowest BCUT2D eigenvalue weighted by Gasteiger charge is -2.39. The van der Waals surface area contributed by atoms with E-state index in [-0.39, 0.29) is 5.82 Å². The Morgan fingerprint density at radius 1 is 0.636 bits per heavy atom. The summed E-state index contributed by atoms with van der Waals surface area (Å²) in [5.41, 5.74) is 0. The van der Waals surface area contributed by atoms with Crippen LogP contribution in [0.2, 0.25) is 0 Å². The van der Waals surface area contributed by atoms with Gasteiger partial charge in [-0.1, -0.05) is 0 Å². The maximum Gasteiger partial charge on any atom is 0.460 e. The van der Waals surface area contributed by atoms with Gasteiger partial charge in [-0.3, -0.25) is 0 Å². The minimum Gasteiger partial charge on any atom is -0.544 e. The van der Waals surface area contributed by atoms with E-state index in [0.717, 1.165) is 10.8 Å². The van der Waals surface area contributed by atoms with Gasteiger partial charge in [-0.05, 0) is 0 Å². The maximum atomic E-state index is 13.6. The number of aliphatic carboxylic acids is 1. The van der Waals surface area contributed by atoms with Crippen molar-refractivity contribution in [1.29, 1.82) is 0 Å². The molecule has 0 radical (unpaired) electrons. The molecule has 0 aliphatic carbocycles. The first-order chi connectivity index (χ1) is 18.8. The predicted octanol–water partition coefficient (Wildman–Crippen LogP) is 5.95. The van der Waals surface area contributed by atoms with Crippen LogP contribution >= 0.6 is 0 Å². The van der Waals surface area contributed by atoms with Crippen molar-refractivity contribution in [3.63, 3.8) is 0 Å². The second kappa shape index (κ2) is 11.5. The lowest BCUT2D eigenvalue weighted by Crippen LogP contribution is -2.70. The molecule has 1 heterocycles. The molecule has 1 rings (SSSR count). The van der Waals surface area contributed by atoms with Gasteiger partial charge in [0.25, 0.3) is 5.82 Å². The smallest absolute Gasteiger partial charge is 0.460 e. The van der Waals surface area contributed by atoms with Crippen LogP contribution in [-0.2, 0) is 18.4 Å². The van der Waals surface area contributed by atoms with Crippen LogP contribution in [0.25, 0.3) is 0 Å². The molecule has 0 saturated heterocycles. The van der Waals surface area contributed by atoms with E-state index in [0.29, 0.717) is 0 Å². The Kier molecular flexibility index (Phi) is 10.7. The average molecular weight is 706 g/mol. The molecule has 0 unspecified atom stereocenters. The number of nitrogens with zero attached hydrogens (tertiary/aromatic N) is 2. The number of rotatable bonds is 10. The molecule has 0 spiro atoms. The van der Waals surface area contributed by atoms with Gasteiger partial charge in [0.1, 0.15) is 18.4 Å². The number of hydrogen-bond acceptors (Lipinski definition) is 2. The summed E-state index contributed by atoms with van der Waals surface area (Å²) in [6, 6.07) is 0. The summed E-state index contributed by atoms with van der Waals surface area (Å²) in [6.45, 7) is 0.134. The van der Waals surface area contributed by atoms with Crippen molar-refractivity contribution < 1.29 is 111 Å². The standard InChI is InChI=1S/C13H12F13N2.C5HF9O2/c1-7-27(2)5-6-28(7)4-3-8(14,15)9(16,17)10(18,19)11(20,21)12(22,23)13(24,25)26;6-2(7,1(15)16)3(8,9)4(10,11)5(12,13)14/h5-6H,3-4H2,1-2H3;(H,15,16)/q+1;/p-1. The molecule has 1 aromatic heterocycles. The Bertz CT molecular complexity index is 1160. The minimum atomic E-state index is -7.86.